The first kappa shape index (κ1) is 14.6. The molecule has 1 aromatic heterocycles. The molecule has 0 radical (unpaired) electrons. The molecule has 1 fully saturated rings. The Morgan fingerprint density at radius 3 is 2.68 bits per heavy atom. The molecule has 1 saturated heterocycles. The Bertz CT molecular complexity index is 764. The first-order chi connectivity index (χ1) is 10.6. The highest BCUT2D eigenvalue weighted by molar-refractivity contribution is 5.94. The van der Waals surface area contributed by atoms with Crippen LogP contribution in [0.4, 0.5) is 0 Å². The molecule has 0 saturated carbocycles. The summed E-state index contributed by atoms with van der Waals surface area (Å²) >= 11 is 0. The van der Waals surface area contributed by atoms with Crippen LogP contribution in [0.1, 0.15) is 33.8 Å². The molecule has 1 aliphatic rings. The van der Waals surface area contributed by atoms with Gasteiger partial charge in [0, 0.05) is 38.3 Å². The molecule has 1 atom stereocenters. The number of hydrogen-bond acceptors (Lipinski definition) is 2. The minimum absolute atomic E-state index is 0.00619. The summed E-state index contributed by atoms with van der Waals surface area (Å²) in [5.74, 6) is 0.407. The quantitative estimate of drug-likeness (QED) is 0.853. The topological polar surface area (TPSA) is 42.3 Å². The van der Waals surface area contributed by atoms with Crippen LogP contribution in [0.2, 0.25) is 0 Å². The van der Waals surface area contributed by atoms with E-state index in [-0.39, 0.29) is 11.5 Å². The predicted molar refractivity (Wildman–Crippen MR) is 86.1 cm³/mol. The lowest BCUT2D eigenvalue weighted by Gasteiger charge is -2.18. The van der Waals surface area contributed by atoms with Crippen LogP contribution in [0.15, 0.2) is 47.4 Å². The van der Waals surface area contributed by atoms with Crippen molar-refractivity contribution in [1.29, 1.82) is 0 Å². The smallest absolute Gasteiger partial charge is 0.255 e. The summed E-state index contributed by atoms with van der Waals surface area (Å²) in [5, 5.41) is 0. The van der Waals surface area contributed by atoms with Crippen molar-refractivity contribution in [2.24, 2.45) is 7.05 Å². The van der Waals surface area contributed by atoms with E-state index in [9.17, 15) is 9.59 Å². The van der Waals surface area contributed by atoms with E-state index in [0.717, 1.165) is 19.5 Å². The molecule has 0 bridgehead atoms. The molecule has 2 aromatic rings. The number of amides is 1. The standard InChI is InChI=1S/C18H20N2O2/c1-13-5-3-4-6-16(13)14-9-10-20(12-14)18(22)15-7-8-17(21)19(2)11-15/h3-8,11,14H,9-10,12H2,1-2H3/t14-/m0/s1. The lowest BCUT2D eigenvalue weighted by Crippen LogP contribution is -2.29. The highest BCUT2D eigenvalue weighted by Gasteiger charge is 2.28. The summed E-state index contributed by atoms with van der Waals surface area (Å²) in [6, 6.07) is 11.4. The number of carbonyl (C=O) groups is 1. The number of hydrogen-bond donors (Lipinski definition) is 0. The predicted octanol–water partition coefficient (Wildman–Crippen LogP) is 2.32. The molecular formula is C18H20N2O2. The number of pyridine rings is 1. The van der Waals surface area contributed by atoms with Crippen molar-refractivity contribution in [3.05, 3.63) is 69.6 Å². The van der Waals surface area contributed by atoms with Gasteiger partial charge in [-0.3, -0.25) is 9.59 Å². The molecule has 0 unspecified atom stereocenters. The average molecular weight is 296 g/mol. The van der Waals surface area contributed by atoms with Crippen LogP contribution in [-0.4, -0.2) is 28.5 Å². The van der Waals surface area contributed by atoms with Crippen molar-refractivity contribution in [3.8, 4) is 0 Å². The summed E-state index contributed by atoms with van der Waals surface area (Å²) in [6.07, 6.45) is 2.61. The zero-order valence-corrected chi connectivity index (χ0v) is 13.0. The van der Waals surface area contributed by atoms with Crippen LogP contribution in [0, 0.1) is 6.92 Å². The normalized spacial score (nSPS) is 17.7. The summed E-state index contributed by atoms with van der Waals surface area (Å²) in [7, 11) is 1.67. The summed E-state index contributed by atoms with van der Waals surface area (Å²) in [4.78, 5) is 25.9. The number of rotatable bonds is 2. The molecule has 22 heavy (non-hydrogen) atoms. The van der Waals surface area contributed by atoms with Crippen molar-refractivity contribution < 1.29 is 4.79 Å². The van der Waals surface area contributed by atoms with E-state index in [1.54, 1.807) is 19.3 Å². The first-order valence-corrected chi connectivity index (χ1v) is 7.58. The lowest BCUT2D eigenvalue weighted by atomic mass is 9.94. The Balaban J connectivity index is 1.77. The maximum absolute atomic E-state index is 12.6. The molecule has 2 heterocycles. The van der Waals surface area contributed by atoms with Gasteiger partial charge in [0.25, 0.3) is 5.91 Å². The first-order valence-electron chi connectivity index (χ1n) is 7.58. The monoisotopic (exact) mass is 296 g/mol. The van der Waals surface area contributed by atoms with Crippen LogP contribution in [0.25, 0.3) is 0 Å². The third-order valence-corrected chi connectivity index (χ3v) is 4.44. The van der Waals surface area contributed by atoms with Gasteiger partial charge in [-0.05, 0) is 30.5 Å². The van der Waals surface area contributed by atoms with Crippen molar-refractivity contribution in [2.75, 3.05) is 13.1 Å². The summed E-state index contributed by atoms with van der Waals surface area (Å²) < 4.78 is 1.45. The van der Waals surface area contributed by atoms with Gasteiger partial charge in [0.05, 0.1) is 5.56 Å². The Morgan fingerprint density at radius 1 is 1.18 bits per heavy atom. The molecule has 1 aliphatic heterocycles. The number of aromatic nitrogens is 1. The SMILES string of the molecule is Cc1ccccc1[C@H]1CCN(C(=O)c2ccc(=O)n(C)c2)C1. The van der Waals surface area contributed by atoms with E-state index in [2.05, 4.69) is 25.1 Å². The maximum Gasteiger partial charge on any atom is 0.255 e. The minimum Gasteiger partial charge on any atom is -0.338 e. The van der Waals surface area contributed by atoms with Crippen LogP contribution in [0.3, 0.4) is 0 Å². The third kappa shape index (κ3) is 2.69. The van der Waals surface area contributed by atoms with Crippen molar-refractivity contribution >= 4 is 5.91 Å². The molecule has 0 spiro atoms. The molecule has 4 nitrogen and oxygen atoms in total. The number of likely N-dealkylation sites (tertiary alicyclic amines) is 1. The Hall–Kier alpha value is -2.36. The van der Waals surface area contributed by atoms with Gasteiger partial charge in [0.15, 0.2) is 0 Å². The summed E-state index contributed by atoms with van der Waals surface area (Å²) in [6.45, 7) is 3.62. The van der Waals surface area contributed by atoms with Gasteiger partial charge < -0.3 is 9.47 Å². The van der Waals surface area contributed by atoms with E-state index in [0.29, 0.717) is 11.5 Å². The Morgan fingerprint density at radius 2 is 1.95 bits per heavy atom. The number of nitrogens with zero attached hydrogens (tertiary/aromatic N) is 2. The number of aryl methyl sites for hydroxylation is 2. The van der Waals surface area contributed by atoms with E-state index in [4.69, 9.17) is 0 Å². The van der Waals surface area contributed by atoms with Gasteiger partial charge in [-0.15, -0.1) is 0 Å². The number of carbonyl (C=O) groups excluding carboxylic acids is 1. The highest BCUT2D eigenvalue weighted by Crippen LogP contribution is 2.29. The van der Waals surface area contributed by atoms with Crippen LogP contribution in [0.5, 0.6) is 0 Å². The van der Waals surface area contributed by atoms with Gasteiger partial charge in [0.1, 0.15) is 0 Å². The second kappa shape index (κ2) is 5.79. The molecule has 0 N–H and O–H groups in total. The summed E-state index contributed by atoms with van der Waals surface area (Å²) in [5.41, 5.74) is 3.09. The molecule has 0 aliphatic carbocycles. The largest absolute Gasteiger partial charge is 0.338 e. The van der Waals surface area contributed by atoms with Gasteiger partial charge >= 0.3 is 0 Å². The van der Waals surface area contributed by atoms with Crippen LogP contribution < -0.4 is 5.56 Å². The van der Waals surface area contributed by atoms with Gasteiger partial charge in [-0.25, -0.2) is 0 Å². The van der Waals surface area contributed by atoms with E-state index in [1.807, 2.05) is 11.0 Å². The van der Waals surface area contributed by atoms with Gasteiger partial charge in [0.2, 0.25) is 5.56 Å². The average Bonchev–Trinajstić information content (AvgIpc) is 2.99. The lowest BCUT2D eigenvalue weighted by molar-refractivity contribution is 0.0790. The maximum atomic E-state index is 12.6. The second-order valence-electron chi connectivity index (χ2n) is 5.96. The van der Waals surface area contributed by atoms with E-state index in [1.165, 1.54) is 21.8 Å². The fraction of sp³-hybridized carbons (Fsp3) is 0.333. The molecule has 114 valence electrons. The fourth-order valence-corrected chi connectivity index (χ4v) is 3.15. The van der Waals surface area contributed by atoms with Gasteiger partial charge in [-0.2, -0.15) is 0 Å². The molecule has 3 rings (SSSR count). The zero-order valence-electron chi connectivity index (χ0n) is 13.0. The van der Waals surface area contributed by atoms with Crippen LogP contribution >= 0.6 is 0 Å². The third-order valence-electron chi connectivity index (χ3n) is 4.44. The van der Waals surface area contributed by atoms with E-state index >= 15 is 0 Å². The van der Waals surface area contributed by atoms with E-state index < -0.39 is 0 Å². The number of benzene rings is 1. The van der Waals surface area contributed by atoms with Gasteiger partial charge in [-0.1, -0.05) is 24.3 Å². The zero-order chi connectivity index (χ0) is 15.7. The van der Waals surface area contributed by atoms with Crippen molar-refractivity contribution in [1.82, 2.24) is 9.47 Å². The molecule has 1 amide bonds. The molecular weight excluding hydrogens is 276 g/mol. The molecule has 1 aromatic carbocycles. The van der Waals surface area contributed by atoms with Crippen molar-refractivity contribution in [3.63, 3.8) is 0 Å². The minimum atomic E-state index is -0.101. The van der Waals surface area contributed by atoms with Crippen LogP contribution in [-0.2, 0) is 7.05 Å². The molecule has 4 heteroatoms. The Kier molecular flexibility index (Phi) is 3.84. The second-order valence-corrected chi connectivity index (χ2v) is 5.96. The Labute approximate surface area is 130 Å². The fourth-order valence-electron chi connectivity index (χ4n) is 3.15. The van der Waals surface area contributed by atoms with Crippen molar-refractivity contribution in [2.45, 2.75) is 19.3 Å². The highest BCUT2D eigenvalue weighted by atomic mass is 16.2.